The number of rotatable bonds is 7. The SMILES string of the molecule is CCCC(C)OCc1ccc(CNC)o1. The first-order chi connectivity index (χ1) is 7.26. The Hall–Kier alpha value is -0.800. The lowest BCUT2D eigenvalue weighted by Gasteiger charge is -2.09. The standard InChI is InChI=1S/C12H21NO2/c1-4-5-10(2)14-9-12-7-6-11(15-12)8-13-3/h6-7,10,13H,4-5,8-9H2,1-3H3. The topological polar surface area (TPSA) is 34.4 Å². The highest BCUT2D eigenvalue weighted by molar-refractivity contribution is 5.06. The second-order valence-electron chi connectivity index (χ2n) is 3.81. The zero-order chi connectivity index (χ0) is 11.1. The number of furan rings is 1. The van der Waals surface area contributed by atoms with Gasteiger partial charge in [-0.1, -0.05) is 13.3 Å². The van der Waals surface area contributed by atoms with Gasteiger partial charge in [0.15, 0.2) is 0 Å². The zero-order valence-corrected chi connectivity index (χ0v) is 9.88. The van der Waals surface area contributed by atoms with E-state index in [4.69, 9.17) is 9.15 Å². The van der Waals surface area contributed by atoms with Crippen LogP contribution in [0.15, 0.2) is 16.5 Å². The van der Waals surface area contributed by atoms with E-state index in [2.05, 4.69) is 19.2 Å². The molecule has 0 bridgehead atoms. The van der Waals surface area contributed by atoms with Gasteiger partial charge in [-0.05, 0) is 32.5 Å². The van der Waals surface area contributed by atoms with E-state index in [1.165, 1.54) is 0 Å². The molecular weight excluding hydrogens is 190 g/mol. The first kappa shape index (κ1) is 12.3. The zero-order valence-electron chi connectivity index (χ0n) is 9.88. The minimum Gasteiger partial charge on any atom is -0.462 e. The molecule has 1 atom stereocenters. The molecule has 3 heteroatoms. The molecule has 0 aliphatic carbocycles. The Morgan fingerprint density at radius 3 is 2.80 bits per heavy atom. The highest BCUT2D eigenvalue weighted by atomic mass is 16.5. The lowest BCUT2D eigenvalue weighted by molar-refractivity contribution is 0.0367. The van der Waals surface area contributed by atoms with E-state index in [-0.39, 0.29) is 0 Å². The monoisotopic (exact) mass is 211 g/mol. The summed E-state index contributed by atoms with van der Waals surface area (Å²) < 4.78 is 11.2. The van der Waals surface area contributed by atoms with E-state index >= 15 is 0 Å². The highest BCUT2D eigenvalue weighted by Gasteiger charge is 2.04. The van der Waals surface area contributed by atoms with Crippen molar-refractivity contribution in [3.05, 3.63) is 23.7 Å². The summed E-state index contributed by atoms with van der Waals surface area (Å²) in [4.78, 5) is 0. The van der Waals surface area contributed by atoms with Crippen molar-refractivity contribution in [1.29, 1.82) is 0 Å². The third kappa shape index (κ3) is 4.49. The maximum absolute atomic E-state index is 5.65. The summed E-state index contributed by atoms with van der Waals surface area (Å²) in [6, 6.07) is 3.96. The Kier molecular flexibility index (Phi) is 5.43. The van der Waals surface area contributed by atoms with Crippen LogP contribution in [0.2, 0.25) is 0 Å². The van der Waals surface area contributed by atoms with Gasteiger partial charge in [0, 0.05) is 0 Å². The third-order valence-corrected chi connectivity index (χ3v) is 2.27. The van der Waals surface area contributed by atoms with Gasteiger partial charge in [0.25, 0.3) is 0 Å². The van der Waals surface area contributed by atoms with Crippen LogP contribution in [0, 0.1) is 0 Å². The molecule has 0 radical (unpaired) electrons. The fourth-order valence-electron chi connectivity index (χ4n) is 1.48. The molecule has 0 aromatic carbocycles. The molecule has 3 nitrogen and oxygen atoms in total. The fourth-order valence-corrected chi connectivity index (χ4v) is 1.48. The smallest absolute Gasteiger partial charge is 0.129 e. The van der Waals surface area contributed by atoms with Gasteiger partial charge in [-0.15, -0.1) is 0 Å². The molecule has 1 rings (SSSR count). The lowest BCUT2D eigenvalue weighted by Crippen LogP contribution is -2.07. The second-order valence-corrected chi connectivity index (χ2v) is 3.81. The Labute approximate surface area is 91.8 Å². The first-order valence-corrected chi connectivity index (χ1v) is 5.60. The van der Waals surface area contributed by atoms with Gasteiger partial charge in [0.05, 0.1) is 12.6 Å². The molecule has 1 unspecified atom stereocenters. The fraction of sp³-hybridized carbons (Fsp3) is 0.667. The van der Waals surface area contributed by atoms with Gasteiger partial charge in [-0.25, -0.2) is 0 Å². The summed E-state index contributed by atoms with van der Waals surface area (Å²) in [6.07, 6.45) is 2.57. The van der Waals surface area contributed by atoms with Crippen LogP contribution in [0.25, 0.3) is 0 Å². The predicted octanol–water partition coefficient (Wildman–Crippen LogP) is 2.70. The number of hydrogen-bond donors (Lipinski definition) is 1. The first-order valence-electron chi connectivity index (χ1n) is 5.60. The van der Waals surface area contributed by atoms with Crippen LogP contribution in [0.5, 0.6) is 0 Å². The van der Waals surface area contributed by atoms with Crippen LogP contribution in [-0.4, -0.2) is 13.2 Å². The normalized spacial score (nSPS) is 13.0. The summed E-state index contributed by atoms with van der Waals surface area (Å²) in [5, 5.41) is 3.05. The molecule has 0 fully saturated rings. The van der Waals surface area contributed by atoms with E-state index in [9.17, 15) is 0 Å². The van der Waals surface area contributed by atoms with Crippen molar-refractivity contribution in [2.75, 3.05) is 7.05 Å². The lowest BCUT2D eigenvalue weighted by atomic mass is 10.2. The van der Waals surface area contributed by atoms with E-state index in [0.29, 0.717) is 12.7 Å². The Morgan fingerprint density at radius 1 is 1.40 bits per heavy atom. The summed E-state index contributed by atoms with van der Waals surface area (Å²) in [6.45, 7) is 5.61. The van der Waals surface area contributed by atoms with Crippen LogP contribution in [0.1, 0.15) is 38.2 Å². The Bertz CT molecular complexity index is 270. The van der Waals surface area contributed by atoms with E-state index in [1.54, 1.807) is 0 Å². The highest BCUT2D eigenvalue weighted by Crippen LogP contribution is 2.11. The molecule has 0 spiro atoms. The molecule has 1 heterocycles. The van der Waals surface area contributed by atoms with Gasteiger partial charge >= 0.3 is 0 Å². The molecular formula is C12H21NO2. The molecule has 1 aromatic heterocycles. The molecule has 0 saturated heterocycles. The molecule has 0 aliphatic rings. The molecule has 0 saturated carbocycles. The Balaban J connectivity index is 2.30. The predicted molar refractivity (Wildman–Crippen MR) is 60.6 cm³/mol. The van der Waals surface area contributed by atoms with Crippen LogP contribution >= 0.6 is 0 Å². The van der Waals surface area contributed by atoms with Crippen molar-refractivity contribution in [2.45, 2.75) is 45.9 Å². The summed E-state index contributed by atoms with van der Waals surface area (Å²) >= 11 is 0. The molecule has 15 heavy (non-hydrogen) atoms. The minimum absolute atomic E-state index is 0.313. The number of ether oxygens (including phenoxy) is 1. The number of nitrogens with one attached hydrogen (secondary N) is 1. The quantitative estimate of drug-likeness (QED) is 0.753. The summed E-state index contributed by atoms with van der Waals surface area (Å²) in [7, 11) is 1.90. The van der Waals surface area contributed by atoms with E-state index < -0.39 is 0 Å². The average molecular weight is 211 g/mol. The summed E-state index contributed by atoms with van der Waals surface area (Å²) in [5.74, 6) is 1.86. The largest absolute Gasteiger partial charge is 0.462 e. The molecule has 0 aliphatic heterocycles. The van der Waals surface area contributed by atoms with E-state index in [1.807, 2.05) is 19.2 Å². The second kappa shape index (κ2) is 6.64. The molecule has 86 valence electrons. The van der Waals surface area contributed by atoms with Crippen molar-refractivity contribution < 1.29 is 9.15 Å². The van der Waals surface area contributed by atoms with Gasteiger partial charge in [0.1, 0.15) is 18.1 Å². The maximum atomic E-state index is 5.65. The van der Waals surface area contributed by atoms with Gasteiger partial charge < -0.3 is 14.5 Å². The van der Waals surface area contributed by atoms with Crippen molar-refractivity contribution >= 4 is 0 Å². The van der Waals surface area contributed by atoms with Crippen LogP contribution in [0.4, 0.5) is 0 Å². The average Bonchev–Trinajstić information content (AvgIpc) is 2.64. The van der Waals surface area contributed by atoms with Gasteiger partial charge in [0.2, 0.25) is 0 Å². The van der Waals surface area contributed by atoms with Crippen molar-refractivity contribution in [1.82, 2.24) is 5.32 Å². The van der Waals surface area contributed by atoms with Crippen LogP contribution in [0.3, 0.4) is 0 Å². The molecule has 1 N–H and O–H groups in total. The van der Waals surface area contributed by atoms with Crippen molar-refractivity contribution in [3.63, 3.8) is 0 Å². The van der Waals surface area contributed by atoms with Crippen molar-refractivity contribution in [3.8, 4) is 0 Å². The molecule has 1 aromatic rings. The summed E-state index contributed by atoms with van der Waals surface area (Å²) in [5.41, 5.74) is 0. The van der Waals surface area contributed by atoms with E-state index in [0.717, 1.165) is 30.9 Å². The Morgan fingerprint density at radius 2 is 2.13 bits per heavy atom. The molecule has 0 amide bonds. The minimum atomic E-state index is 0.313. The van der Waals surface area contributed by atoms with Gasteiger partial charge in [-0.3, -0.25) is 0 Å². The maximum Gasteiger partial charge on any atom is 0.129 e. The van der Waals surface area contributed by atoms with Crippen molar-refractivity contribution in [2.24, 2.45) is 0 Å². The van der Waals surface area contributed by atoms with Gasteiger partial charge in [-0.2, -0.15) is 0 Å². The number of hydrogen-bond acceptors (Lipinski definition) is 3. The third-order valence-electron chi connectivity index (χ3n) is 2.27. The van der Waals surface area contributed by atoms with Crippen LogP contribution in [-0.2, 0) is 17.9 Å². The van der Waals surface area contributed by atoms with Crippen LogP contribution < -0.4 is 5.32 Å².